The Hall–Kier alpha value is -2.65. The molecule has 1 aromatic heterocycles. The van der Waals surface area contributed by atoms with Gasteiger partial charge in [-0.1, -0.05) is 20.8 Å². The van der Waals surface area contributed by atoms with E-state index in [1.165, 1.54) is 16.2 Å². The van der Waals surface area contributed by atoms with Gasteiger partial charge in [0.15, 0.2) is 16.6 Å². The summed E-state index contributed by atoms with van der Waals surface area (Å²) in [5, 5.41) is 18.2. The molecule has 1 aliphatic heterocycles. The molecule has 6 atom stereocenters. The number of anilines is 1. The smallest absolute Gasteiger partial charge is 0.257 e. The number of benzene rings is 1. The van der Waals surface area contributed by atoms with Crippen LogP contribution in [-0.4, -0.2) is 40.8 Å². The fraction of sp³-hybridized carbons (Fsp3) is 0.593. The van der Waals surface area contributed by atoms with Gasteiger partial charge < -0.3 is 19.9 Å². The van der Waals surface area contributed by atoms with Crippen LogP contribution >= 0.6 is 11.3 Å². The molecule has 6 unspecified atom stereocenters. The van der Waals surface area contributed by atoms with Gasteiger partial charge in [0.05, 0.1) is 11.8 Å². The maximum atomic E-state index is 12.9. The van der Waals surface area contributed by atoms with Gasteiger partial charge in [0.2, 0.25) is 12.7 Å². The Bertz CT molecular complexity index is 1210. The summed E-state index contributed by atoms with van der Waals surface area (Å²) in [7, 11) is 0. The number of aliphatic hydroxyl groups is 1. The zero-order chi connectivity index (χ0) is 25.2. The van der Waals surface area contributed by atoms with Crippen LogP contribution in [0.2, 0.25) is 0 Å². The van der Waals surface area contributed by atoms with E-state index in [1.54, 1.807) is 18.2 Å². The molecule has 3 N–H and O–H groups in total. The van der Waals surface area contributed by atoms with Crippen LogP contribution in [0.3, 0.4) is 0 Å². The summed E-state index contributed by atoms with van der Waals surface area (Å²) in [6.45, 7) is 6.51. The molecule has 36 heavy (non-hydrogen) atoms. The van der Waals surface area contributed by atoms with Crippen LogP contribution in [0.5, 0.6) is 11.5 Å². The molecular formula is C27H33N3O5S. The first-order chi connectivity index (χ1) is 17.2. The molecule has 9 heteroatoms. The van der Waals surface area contributed by atoms with E-state index in [2.05, 4.69) is 24.5 Å². The number of thiazole rings is 1. The predicted octanol–water partition coefficient (Wildman–Crippen LogP) is 4.09. The summed E-state index contributed by atoms with van der Waals surface area (Å²) in [6, 6.07) is 5.46. The first kappa shape index (κ1) is 23.7. The lowest BCUT2D eigenvalue weighted by Gasteiger charge is -2.53. The number of nitrogens with one attached hydrogen (secondary N) is 2. The molecule has 192 valence electrons. The lowest BCUT2D eigenvalue weighted by molar-refractivity contribution is -0.134. The van der Waals surface area contributed by atoms with Gasteiger partial charge in [-0.3, -0.25) is 14.9 Å². The topological polar surface area (TPSA) is 110 Å². The summed E-state index contributed by atoms with van der Waals surface area (Å²) >= 11 is 1.52. The van der Waals surface area contributed by atoms with Crippen molar-refractivity contribution in [2.24, 2.45) is 23.2 Å². The van der Waals surface area contributed by atoms with Gasteiger partial charge in [-0.2, -0.15) is 0 Å². The summed E-state index contributed by atoms with van der Waals surface area (Å²) in [5.41, 5.74) is 1.37. The van der Waals surface area contributed by atoms with Crippen LogP contribution in [0, 0.1) is 23.2 Å². The van der Waals surface area contributed by atoms with Crippen molar-refractivity contribution in [3.8, 4) is 11.5 Å². The number of hydrogen-bond donors (Lipinski definition) is 3. The van der Waals surface area contributed by atoms with Crippen LogP contribution in [-0.2, 0) is 11.2 Å². The summed E-state index contributed by atoms with van der Waals surface area (Å²) in [4.78, 5) is 31.7. The molecule has 6 rings (SSSR count). The molecule has 2 aromatic rings. The SMILES string of the molecule is CC(C(=O)NC1CC1)C1CCC2(C)Cc3sc(NC(=O)c4ccc5c(c4)OCO5)nc3C(C)C2C1O. The highest BCUT2D eigenvalue weighted by molar-refractivity contribution is 7.15. The van der Waals surface area contributed by atoms with Crippen molar-refractivity contribution < 1.29 is 24.2 Å². The molecule has 8 nitrogen and oxygen atoms in total. The number of ether oxygens (including phenoxy) is 2. The molecule has 0 spiro atoms. The molecule has 3 aliphatic carbocycles. The monoisotopic (exact) mass is 511 g/mol. The first-order valence-electron chi connectivity index (χ1n) is 12.9. The largest absolute Gasteiger partial charge is 0.454 e. The van der Waals surface area contributed by atoms with Crippen molar-refractivity contribution in [3.63, 3.8) is 0 Å². The Morgan fingerprint density at radius 2 is 2.00 bits per heavy atom. The van der Waals surface area contributed by atoms with E-state index in [-0.39, 0.29) is 47.7 Å². The van der Waals surface area contributed by atoms with Crippen LogP contribution in [0.25, 0.3) is 0 Å². The van der Waals surface area contributed by atoms with Crippen molar-refractivity contribution in [2.75, 3.05) is 12.1 Å². The van der Waals surface area contributed by atoms with Gasteiger partial charge >= 0.3 is 0 Å². The third-order valence-corrected chi connectivity index (χ3v) is 9.74. The quantitative estimate of drug-likeness (QED) is 0.558. The fourth-order valence-electron chi connectivity index (χ4n) is 6.56. The van der Waals surface area contributed by atoms with Gasteiger partial charge in [-0.25, -0.2) is 4.98 Å². The second kappa shape index (κ2) is 8.73. The number of amides is 2. The highest BCUT2D eigenvalue weighted by Crippen LogP contribution is 2.57. The van der Waals surface area contributed by atoms with E-state index < -0.39 is 6.10 Å². The third-order valence-electron chi connectivity index (χ3n) is 8.76. The molecule has 2 heterocycles. The maximum Gasteiger partial charge on any atom is 0.257 e. The summed E-state index contributed by atoms with van der Waals surface area (Å²) in [6.07, 6.45) is 4.16. The number of fused-ring (bicyclic) bond motifs is 3. The van der Waals surface area contributed by atoms with Crippen molar-refractivity contribution in [1.29, 1.82) is 0 Å². The minimum absolute atomic E-state index is 0.0134. The Labute approximate surface area is 214 Å². The Balaban J connectivity index is 1.20. The minimum atomic E-state index is -0.569. The van der Waals surface area contributed by atoms with Crippen molar-refractivity contribution >= 4 is 28.3 Å². The molecule has 2 saturated carbocycles. The summed E-state index contributed by atoms with van der Waals surface area (Å²) in [5.74, 6) is 0.790. The number of carbonyl (C=O) groups excluding carboxylic acids is 2. The van der Waals surface area contributed by atoms with E-state index in [4.69, 9.17) is 14.5 Å². The lowest BCUT2D eigenvalue weighted by Crippen LogP contribution is -2.53. The molecule has 2 fully saturated rings. The lowest BCUT2D eigenvalue weighted by atomic mass is 9.53. The van der Waals surface area contributed by atoms with Crippen molar-refractivity contribution in [1.82, 2.24) is 10.3 Å². The van der Waals surface area contributed by atoms with E-state index in [1.807, 2.05) is 6.92 Å². The van der Waals surface area contributed by atoms with Gasteiger partial charge in [0, 0.05) is 28.3 Å². The molecule has 0 radical (unpaired) electrons. The summed E-state index contributed by atoms with van der Waals surface area (Å²) < 4.78 is 10.7. The van der Waals surface area contributed by atoms with Crippen molar-refractivity contribution in [3.05, 3.63) is 34.3 Å². The van der Waals surface area contributed by atoms with Gasteiger partial charge in [-0.15, -0.1) is 11.3 Å². The predicted molar refractivity (Wildman–Crippen MR) is 135 cm³/mol. The number of carbonyl (C=O) groups is 2. The number of rotatable bonds is 5. The number of hydrogen-bond acceptors (Lipinski definition) is 7. The number of aliphatic hydroxyl groups excluding tert-OH is 1. The first-order valence-corrected chi connectivity index (χ1v) is 13.7. The van der Waals surface area contributed by atoms with Gasteiger partial charge in [0.25, 0.3) is 5.91 Å². The van der Waals surface area contributed by atoms with E-state index in [9.17, 15) is 14.7 Å². The van der Waals surface area contributed by atoms with Gasteiger partial charge in [-0.05, 0) is 67.6 Å². The Morgan fingerprint density at radius 3 is 2.78 bits per heavy atom. The van der Waals surface area contributed by atoms with E-state index in [0.29, 0.717) is 28.2 Å². The highest BCUT2D eigenvalue weighted by Gasteiger charge is 2.54. The minimum Gasteiger partial charge on any atom is -0.454 e. The average molecular weight is 512 g/mol. The fourth-order valence-corrected chi connectivity index (χ4v) is 7.82. The molecule has 2 amide bonds. The highest BCUT2D eigenvalue weighted by atomic mass is 32.1. The van der Waals surface area contributed by atoms with E-state index in [0.717, 1.165) is 37.8 Å². The Morgan fingerprint density at radius 1 is 1.22 bits per heavy atom. The molecular weight excluding hydrogens is 478 g/mol. The molecule has 4 aliphatic rings. The third kappa shape index (κ3) is 4.06. The van der Waals surface area contributed by atoms with Crippen LogP contribution < -0.4 is 20.1 Å². The molecule has 1 aromatic carbocycles. The standard InChI is InChI=1S/C27H33N3O5S/c1-13(24(32)28-16-5-6-16)17-8-9-27(3)11-20-22(14(2)21(27)23(17)31)29-26(36-20)30-25(33)15-4-7-18-19(10-15)35-12-34-18/h4,7,10,13-14,16-17,21,23,31H,5-6,8-9,11-12H2,1-3H3,(H,28,32)(H,29,30,33). The second-order valence-corrected chi connectivity index (χ2v) is 12.3. The molecule has 0 saturated heterocycles. The Kier molecular flexibility index (Phi) is 5.75. The number of aromatic nitrogens is 1. The second-order valence-electron chi connectivity index (χ2n) is 11.3. The van der Waals surface area contributed by atoms with Crippen LogP contribution in [0.1, 0.15) is 73.3 Å². The van der Waals surface area contributed by atoms with Crippen molar-refractivity contribution in [2.45, 2.75) is 70.9 Å². The normalized spacial score (nSPS) is 31.2. The number of nitrogens with zero attached hydrogens (tertiary/aromatic N) is 1. The molecule has 0 bridgehead atoms. The van der Waals surface area contributed by atoms with E-state index >= 15 is 0 Å². The average Bonchev–Trinajstić information content (AvgIpc) is 3.36. The zero-order valence-corrected chi connectivity index (χ0v) is 21.7. The van der Waals surface area contributed by atoms with Crippen LogP contribution in [0.4, 0.5) is 5.13 Å². The van der Waals surface area contributed by atoms with Crippen LogP contribution in [0.15, 0.2) is 18.2 Å². The zero-order valence-electron chi connectivity index (χ0n) is 20.9. The van der Waals surface area contributed by atoms with Gasteiger partial charge in [0.1, 0.15) is 0 Å². The maximum absolute atomic E-state index is 12.9.